The zero-order chi connectivity index (χ0) is 10.5. The Balaban J connectivity index is 2.13. The highest BCUT2D eigenvalue weighted by atomic mass is 16.6. The normalized spacial score (nSPS) is 15.8. The highest BCUT2D eigenvalue weighted by Gasteiger charge is 2.07. The summed E-state index contributed by atoms with van der Waals surface area (Å²) in [4.78, 5) is 4.86. The molecule has 0 spiro atoms. The molecule has 2 heteroatoms. The summed E-state index contributed by atoms with van der Waals surface area (Å²) in [5.74, 6) is 0. The number of benzene rings is 1. The third kappa shape index (κ3) is 2.80. The molecule has 15 heavy (non-hydrogen) atoms. The fourth-order valence-electron chi connectivity index (χ4n) is 2.23. The molecule has 0 heterocycles. The van der Waals surface area contributed by atoms with Crippen molar-refractivity contribution >= 4 is 0 Å². The van der Waals surface area contributed by atoms with Gasteiger partial charge in [-0.25, -0.2) is 0 Å². The molecule has 0 aromatic heterocycles. The largest absolute Gasteiger partial charge is 0.305 e. The van der Waals surface area contributed by atoms with E-state index >= 15 is 0 Å². The Morgan fingerprint density at radius 1 is 1.13 bits per heavy atom. The number of fused-ring (bicyclic) bond motifs is 1. The van der Waals surface area contributed by atoms with E-state index in [-0.39, 0.29) is 0 Å². The minimum atomic E-state index is 0.795. The van der Waals surface area contributed by atoms with E-state index in [0.29, 0.717) is 0 Å². The fourth-order valence-corrected chi connectivity index (χ4v) is 2.23. The summed E-state index contributed by atoms with van der Waals surface area (Å²) in [6, 6.07) is 6.82. The van der Waals surface area contributed by atoms with Crippen LogP contribution >= 0.6 is 0 Å². The van der Waals surface area contributed by atoms with Crippen molar-refractivity contribution in [1.82, 2.24) is 5.48 Å². The molecule has 0 atom stereocenters. The van der Waals surface area contributed by atoms with E-state index in [9.17, 15) is 0 Å². The quantitative estimate of drug-likeness (QED) is 0.605. The molecule has 0 bridgehead atoms. The van der Waals surface area contributed by atoms with E-state index in [0.717, 1.165) is 6.54 Å². The van der Waals surface area contributed by atoms with Crippen LogP contribution in [0.3, 0.4) is 0 Å². The lowest BCUT2D eigenvalue weighted by Crippen LogP contribution is -2.11. The third-order valence-corrected chi connectivity index (χ3v) is 3.08. The van der Waals surface area contributed by atoms with Gasteiger partial charge in [-0.2, -0.15) is 5.48 Å². The topological polar surface area (TPSA) is 21.3 Å². The average Bonchev–Trinajstić information content (AvgIpc) is 2.50. The molecule has 0 fully saturated rings. The highest BCUT2D eigenvalue weighted by Crippen LogP contribution is 2.21. The molecule has 1 aliphatic carbocycles. The molecular formula is C13H19NO. The Bertz CT molecular complexity index is 322. The number of hydrogen-bond acceptors (Lipinski definition) is 2. The Morgan fingerprint density at radius 3 is 2.73 bits per heavy atom. The monoisotopic (exact) mass is 205 g/mol. The van der Waals surface area contributed by atoms with Crippen LogP contribution in [0.25, 0.3) is 0 Å². The van der Waals surface area contributed by atoms with Gasteiger partial charge in [0.05, 0.1) is 7.11 Å². The van der Waals surface area contributed by atoms with E-state index in [2.05, 4.69) is 23.7 Å². The number of hydroxylamine groups is 1. The molecule has 1 N–H and O–H groups in total. The number of rotatable bonds is 3. The van der Waals surface area contributed by atoms with Crippen LogP contribution in [0.1, 0.15) is 36.0 Å². The van der Waals surface area contributed by atoms with Crippen molar-refractivity contribution in [2.75, 3.05) is 7.11 Å². The van der Waals surface area contributed by atoms with Crippen molar-refractivity contribution in [3.8, 4) is 0 Å². The number of nitrogens with one attached hydrogen (secondary N) is 1. The van der Waals surface area contributed by atoms with Crippen LogP contribution in [0.5, 0.6) is 0 Å². The summed E-state index contributed by atoms with van der Waals surface area (Å²) in [6.07, 6.45) is 6.57. The van der Waals surface area contributed by atoms with Gasteiger partial charge in [0, 0.05) is 6.54 Å². The molecule has 1 aliphatic rings. The maximum Gasteiger partial charge on any atom is 0.0572 e. The van der Waals surface area contributed by atoms with Gasteiger partial charge in [-0.15, -0.1) is 0 Å². The minimum Gasteiger partial charge on any atom is -0.305 e. The van der Waals surface area contributed by atoms with Crippen LogP contribution in [-0.2, 0) is 24.2 Å². The van der Waals surface area contributed by atoms with Crippen molar-refractivity contribution in [3.05, 3.63) is 34.9 Å². The van der Waals surface area contributed by atoms with Gasteiger partial charge in [-0.3, -0.25) is 0 Å². The summed E-state index contributed by atoms with van der Waals surface area (Å²) in [6.45, 7) is 0.795. The van der Waals surface area contributed by atoms with Gasteiger partial charge in [-0.05, 0) is 42.4 Å². The summed E-state index contributed by atoms with van der Waals surface area (Å²) >= 11 is 0. The first kappa shape index (κ1) is 10.7. The van der Waals surface area contributed by atoms with Crippen molar-refractivity contribution in [3.63, 3.8) is 0 Å². The highest BCUT2D eigenvalue weighted by molar-refractivity contribution is 5.33. The molecule has 0 saturated carbocycles. The molecule has 2 nitrogen and oxygen atoms in total. The maximum absolute atomic E-state index is 4.86. The Hall–Kier alpha value is -0.860. The van der Waals surface area contributed by atoms with Gasteiger partial charge >= 0.3 is 0 Å². The molecule has 0 radical (unpaired) electrons. The van der Waals surface area contributed by atoms with E-state index in [1.165, 1.54) is 37.7 Å². The lowest BCUT2D eigenvalue weighted by Gasteiger charge is -2.08. The van der Waals surface area contributed by atoms with E-state index in [1.807, 2.05) is 0 Å². The summed E-state index contributed by atoms with van der Waals surface area (Å²) in [5, 5.41) is 0. The first-order chi connectivity index (χ1) is 7.40. The standard InChI is InChI=1S/C13H19NO/c1-15-14-10-11-7-8-12-5-3-2-4-6-13(12)9-11/h7-9,14H,2-6,10H2,1H3. The molecule has 2 rings (SSSR count). The maximum atomic E-state index is 4.86. The van der Waals surface area contributed by atoms with Crippen molar-refractivity contribution in [2.24, 2.45) is 0 Å². The third-order valence-electron chi connectivity index (χ3n) is 3.08. The molecule has 82 valence electrons. The molecule has 0 amide bonds. The first-order valence-corrected chi connectivity index (χ1v) is 5.76. The predicted molar refractivity (Wildman–Crippen MR) is 61.5 cm³/mol. The molecule has 0 unspecified atom stereocenters. The van der Waals surface area contributed by atoms with Crippen LogP contribution in [0.15, 0.2) is 18.2 Å². The van der Waals surface area contributed by atoms with Gasteiger partial charge < -0.3 is 4.84 Å². The van der Waals surface area contributed by atoms with E-state index in [1.54, 1.807) is 18.2 Å². The Morgan fingerprint density at radius 2 is 1.93 bits per heavy atom. The Labute approximate surface area is 91.6 Å². The van der Waals surface area contributed by atoms with Crippen LogP contribution < -0.4 is 5.48 Å². The second-order valence-corrected chi connectivity index (χ2v) is 4.19. The second kappa shape index (κ2) is 5.29. The first-order valence-electron chi connectivity index (χ1n) is 5.76. The number of hydrogen-bond donors (Lipinski definition) is 1. The average molecular weight is 205 g/mol. The molecule has 1 aromatic carbocycles. The van der Waals surface area contributed by atoms with Crippen molar-refractivity contribution < 1.29 is 4.84 Å². The van der Waals surface area contributed by atoms with Crippen molar-refractivity contribution in [2.45, 2.75) is 38.6 Å². The minimum absolute atomic E-state index is 0.795. The molecule has 0 saturated heterocycles. The van der Waals surface area contributed by atoms with Gasteiger partial charge in [0.25, 0.3) is 0 Å². The van der Waals surface area contributed by atoms with Crippen LogP contribution in [0.4, 0.5) is 0 Å². The fraction of sp³-hybridized carbons (Fsp3) is 0.538. The van der Waals surface area contributed by atoms with Crippen LogP contribution in [-0.4, -0.2) is 7.11 Å². The summed E-state index contributed by atoms with van der Waals surface area (Å²) in [5.41, 5.74) is 7.30. The lowest BCUT2D eigenvalue weighted by atomic mass is 10.0. The Kier molecular flexibility index (Phi) is 3.75. The zero-order valence-electron chi connectivity index (χ0n) is 9.38. The smallest absolute Gasteiger partial charge is 0.0572 e. The summed E-state index contributed by atoms with van der Waals surface area (Å²) < 4.78 is 0. The molecule has 1 aromatic rings. The van der Waals surface area contributed by atoms with Gasteiger partial charge in [-0.1, -0.05) is 24.6 Å². The van der Waals surface area contributed by atoms with E-state index in [4.69, 9.17) is 4.84 Å². The van der Waals surface area contributed by atoms with Gasteiger partial charge in [0.15, 0.2) is 0 Å². The second-order valence-electron chi connectivity index (χ2n) is 4.19. The molecule has 0 aliphatic heterocycles. The molecular weight excluding hydrogens is 186 g/mol. The SMILES string of the molecule is CONCc1ccc2c(c1)CCCCC2. The zero-order valence-corrected chi connectivity index (χ0v) is 9.38. The van der Waals surface area contributed by atoms with Gasteiger partial charge in [0.1, 0.15) is 0 Å². The van der Waals surface area contributed by atoms with Crippen LogP contribution in [0, 0.1) is 0 Å². The van der Waals surface area contributed by atoms with Crippen LogP contribution in [0.2, 0.25) is 0 Å². The summed E-state index contributed by atoms with van der Waals surface area (Å²) in [7, 11) is 1.66. The van der Waals surface area contributed by atoms with Crippen molar-refractivity contribution in [1.29, 1.82) is 0 Å². The predicted octanol–water partition coefficient (Wildman–Crippen LogP) is 2.61. The lowest BCUT2D eigenvalue weighted by molar-refractivity contribution is 0.0867. The van der Waals surface area contributed by atoms with Gasteiger partial charge in [0.2, 0.25) is 0 Å². The van der Waals surface area contributed by atoms with E-state index < -0.39 is 0 Å². The number of aryl methyl sites for hydroxylation is 2.